The first kappa shape index (κ1) is 23.5. The SMILES string of the molecule is CC(C)(C)OC(=O)N1CC(NOCc2ccccc2)c2cnn(-c3ccccc3)c2C1C(=O)O. The van der Waals surface area contributed by atoms with Crippen molar-refractivity contribution in [2.75, 3.05) is 6.54 Å². The van der Waals surface area contributed by atoms with Crippen LogP contribution in [-0.4, -0.2) is 44.0 Å². The fraction of sp³-hybridized carbons (Fsp3) is 0.320. The van der Waals surface area contributed by atoms with E-state index in [9.17, 15) is 14.7 Å². The maximum absolute atomic E-state index is 13.1. The van der Waals surface area contributed by atoms with Gasteiger partial charge in [0.25, 0.3) is 0 Å². The summed E-state index contributed by atoms with van der Waals surface area (Å²) in [6.45, 7) is 5.55. The van der Waals surface area contributed by atoms with Crippen molar-refractivity contribution in [3.05, 3.63) is 83.7 Å². The van der Waals surface area contributed by atoms with E-state index in [1.54, 1.807) is 31.6 Å². The zero-order valence-corrected chi connectivity index (χ0v) is 19.3. The average Bonchev–Trinajstić information content (AvgIpc) is 3.24. The Labute approximate surface area is 197 Å². The van der Waals surface area contributed by atoms with E-state index in [1.165, 1.54) is 4.90 Å². The number of carbonyl (C=O) groups is 2. The highest BCUT2D eigenvalue weighted by Crippen LogP contribution is 2.37. The monoisotopic (exact) mass is 464 g/mol. The molecule has 34 heavy (non-hydrogen) atoms. The number of rotatable bonds is 6. The highest BCUT2D eigenvalue weighted by Gasteiger charge is 2.45. The topological polar surface area (TPSA) is 106 Å². The number of hydroxylamine groups is 1. The number of benzene rings is 2. The molecule has 3 aromatic rings. The molecule has 2 heterocycles. The molecule has 1 amide bonds. The summed E-state index contributed by atoms with van der Waals surface area (Å²) in [5.74, 6) is -1.17. The van der Waals surface area contributed by atoms with Gasteiger partial charge in [0.1, 0.15) is 5.60 Å². The lowest BCUT2D eigenvalue weighted by Crippen LogP contribution is -2.50. The predicted octanol–water partition coefficient (Wildman–Crippen LogP) is 4.01. The summed E-state index contributed by atoms with van der Waals surface area (Å²) in [4.78, 5) is 32.5. The molecule has 0 saturated carbocycles. The molecule has 9 nitrogen and oxygen atoms in total. The second-order valence-corrected chi connectivity index (χ2v) is 9.05. The number of amides is 1. The highest BCUT2D eigenvalue weighted by molar-refractivity contribution is 5.82. The molecule has 2 N–H and O–H groups in total. The molecule has 2 unspecified atom stereocenters. The zero-order valence-electron chi connectivity index (χ0n) is 19.3. The molecular formula is C25H28N4O5. The Morgan fingerprint density at radius 3 is 2.35 bits per heavy atom. The molecular weight excluding hydrogens is 436 g/mol. The third kappa shape index (κ3) is 5.11. The van der Waals surface area contributed by atoms with Gasteiger partial charge in [-0.2, -0.15) is 10.6 Å². The van der Waals surface area contributed by atoms with Crippen LogP contribution in [0, 0.1) is 0 Å². The van der Waals surface area contributed by atoms with Gasteiger partial charge in [-0.15, -0.1) is 0 Å². The second-order valence-electron chi connectivity index (χ2n) is 9.05. The summed E-state index contributed by atoms with van der Waals surface area (Å²) in [7, 11) is 0. The van der Waals surface area contributed by atoms with Crippen molar-refractivity contribution in [2.45, 2.75) is 45.1 Å². The van der Waals surface area contributed by atoms with Crippen LogP contribution in [-0.2, 0) is 21.0 Å². The summed E-state index contributed by atoms with van der Waals surface area (Å²) in [5.41, 5.74) is 4.89. The van der Waals surface area contributed by atoms with Crippen molar-refractivity contribution in [2.24, 2.45) is 0 Å². The number of hydrogen-bond donors (Lipinski definition) is 2. The number of carboxylic acid groups (broad SMARTS) is 1. The van der Waals surface area contributed by atoms with E-state index in [-0.39, 0.29) is 6.54 Å². The van der Waals surface area contributed by atoms with Crippen LogP contribution < -0.4 is 5.48 Å². The van der Waals surface area contributed by atoms with Gasteiger partial charge in [-0.25, -0.2) is 14.3 Å². The van der Waals surface area contributed by atoms with Crippen LogP contribution in [0.2, 0.25) is 0 Å². The van der Waals surface area contributed by atoms with Crippen molar-refractivity contribution in [3.8, 4) is 5.69 Å². The minimum atomic E-state index is -1.28. The number of fused-ring (bicyclic) bond motifs is 1. The van der Waals surface area contributed by atoms with Crippen molar-refractivity contribution in [3.63, 3.8) is 0 Å². The Morgan fingerprint density at radius 1 is 1.09 bits per heavy atom. The normalized spacial score (nSPS) is 17.8. The quantitative estimate of drug-likeness (QED) is 0.531. The first-order valence-electron chi connectivity index (χ1n) is 11.0. The molecule has 0 bridgehead atoms. The van der Waals surface area contributed by atoms with Gasteiger partial charge >= 0.3 is 12.1 Å². The molecule has 1 aromatic heterocycles. The zero-order chi connectivity index (χ0) is 24.3. The lowest BCUT2D eigenvalue weighted by Gasteiger charge is -2.38. The number of aliphatic carboxylic acids is 1. The number of ether oxygens (including phenoxy) is 1. The van der Waals surface area contributed by atoms with E-state index in [0.29, 0.717) is 23.6 Å². The molecule has 0 aliphatic carbocycles. The number of nitrogens with zero attached hydrogens (tertiary/aromatic N) is 3. The molecule has 0 fully saturated rings. The molecule has 9 heteroatoms. The maximum atomic E-state index is 13.1. The Hall–Kier alpha value is -3.69. The van der Waals surface area contributed by atoms with Gasteiger partial charge < -0.3 is 9.84 Å². The lowest BCUT2D eigenvalue weighted by molar-refractivity contribution is -0.144. The van der Waals surface area contributed by atoms with Gasteiger partial charge in [0.05, 0.1) is 30.2 Å². The van der Waals surface area contributed by atoms with Crippen LogP contribution in [0.1, 0.15) is 49.7 Å². The van der Waals surface area contributed by atoms with Crippen molar-refractivity contribution < 1.29 is 24.3 Å². The molecule has 1 aliphatic heterocycles. The van der Waals surface area contributed by atoms with E-state index in [4.69, 9.17) is 9.57 Å². The minimum absolute atomic E-state index is 0.0359. The molecule has 178 valence electrons. The van der Waals surface area contributed by atoms with Crippen LogP contribution in [0.3, 0.4) is 0 Å². The van der Waals surface area contributed by atoms with Gasteiger partial charge in [0.2, 0.25) is 0 Å². The molecule has 0 spiro atoms. The van der Waals surface area contributed by atoms with Gasteiger partial charge in [0, 0.05) is 12.1 Å². The molecule has 4 rings (SSSR count). The average molecular weight is 465 g/mol. The summed E-state index contributed by atoms with van der Waals surface area (Å²) in [5, 5.41) is 14.6. The molecule has 0 saturated heterocycles. The fourth-order valence-electron chi connectivity index (χ4n) is 3.89. The second kappa shape index (κ2) is 9.66. The number of nitrogens with one attached hydrogen (secondary N) is 1. The van der Waals surface area contributed by atoms with Gasteiger partial charge in [-0.3, -0.25) is 9.74 Å². The van der Waals surface area contributed by atoms with Crippen LogP contribution in [0.25, 0.3) is 5.69 Å². The molecule has 2 atom stereocenters. The van der Waals surface area contributed by atoms with Gasteiger partial charge in [-0.05, 0) is 38.5 Å². The first-order valence-corrected chi connectivity index (χ1v) is 11.0. The molecule has 2 aromatic carbocycles. The Morgan fingerprint density at radius 2 is 1.74 bits per heavy atom. The summed E-state index contributed by atoms with van der Waals surface area (Å²) >= 11 is 0. The van der Waals surface area contributed by atoms with E-state index >= 15 is 0 Å². The number of aromatic nitrogens is 2. The number of carboxylic acids is 1. The fourth-order valence-corrected chi connectivity index (χ4v) is 3.89. The van der Waals surface area contributed by atoms with Crippen LogP contribution in [0.4, 0.5) is 4.79 Å². The Kier molecular flexibility index (Phi) is 6.67. The smallest absolute Gasteiger partial charge is 0.411 e. The van der Waals surface area contributed by atoms with E-state index in [2.05, 4.69) is 10.6 Å². The van der Waals surface area contributed by atoms with E-state index in [1.807, 2.05) is 60.7 Å². The van der Waals surface area contributed by atoms with E-state index < -0.39 is 29.7 Å². The predicted molar refractivity (Wildman–Crippen MR) is 124 cm³/mol. The summed E-state index contributed by atoms with van der Waals surface area (Å²) in [6, 6.07) is 17.0. The standard InChI is InChI=1S/C25H28N4O5/c1-25(2,3)34-24(32)28-15-20(27-33-16-17-10-6-4-7-11-17)19-14-26-29(18-12-8-5-9-13-18)21(19)22(28)23(30)31/h4-14,20,22,27H,15-16H2,1-3H3,(H,30,31). The maximum Gasteiger partial charge on any atom is 0.411 e. The third-order valence-corrected chi connectivity index (χ3v) is 5.33. The summed E-state index contributed by atoms with van der Waals surface area (Å²) in [6.07, 6.45) is 0.898. The third-order valence-electron chi connectivity index (χ3n) is 5.33. The highest BCUT2D eigenvalue weighted by atomic mass is 16.6. The molecule has 0 radical (unpaired) electrons. The molecule has 1 aliphatic rings. The number of carbonyl (C=O) groups excluding carboxylic acids is 1. The van der Waals surface area contributed by atoms with Crippen molar-refractivity contribution in [1.29, 1.82) is 0 Å². The minimum Gasteiger partial charge on any atom is -0.479 e. The van der Waals surface area contributed by atoms with Gasteiger partial charge in [-0.1, -0.05) is 48.5 Å². The Bertz CT molecular complexity index is 1140. The van der Waals surface area contributed by atoms with Crippen molar-refractivity contribution in [1.82, 2.24) is 20.2 Å². The largest absolute Gasteiger partial charge is 0.479 e. The van der Waals surface area contributed by atoms with Crippen LogP contribution in [0.15, 0.2) is 66.9 Å². The van der Waals surface area contributed by atoms with Crippen LogP contribution >= 0.6 is 0 Å². The first-order chi connectivity index (χ1) is 16.2. The van der Waals surface area contributed by atoms with Gasteiger partial charge in [0.15, 0.2) is 6.04 Å². The lowest BCUT2D eigenvalue weighted by atomic mass is 9.96. The Balaban J connectivity index is 1.70. The van der Waals surface area contributed by atoms with Crippen molar-refractivity contribution >= 4 is 12.1 Å². The number of para-hydroxylation sites is 1. The van der Waals surface area contributed by atoms with Crippen LogP contribution in [0.5, 0.6) is 0 Å². The summed E-state index contributed by atoms with van der Waals surface area (Å²) < 4.78 is 7.09. The van der Waals surface area contributed by atoms with E-state index in [0.717, 1.165) is 5.56 Å². The number of hydrogen-bond acceptors (Lipinski definition) is 6.